The van der Waals surface area contributed by atoms with Gasteiger partial charge in [0.2, 0.25) is 0 Å². The first kappa shape index (κ1) is 17.2. The van der Waals surface area contributed by atoms with Crippen molar-refractivity contribution >= 4 is 10.2 Å². The lowest BCUT2D eigenvalue weighted by molar-refractivity contribution is -0.177. The van der Waals surface area contributed by atoms with Crippen LogP contribution in [-0.4, -0.2) is 52.6 Å². The predicted octanol–water partition coefficient (Wildman–Crippen LogP) is 1.51. The molecule has 10 heteroatoms. The van der Waals surface area contributed by atoms with Crippen molar-refractivity contribution in [3.63, 3.8) is 0 Å². The minimum absolute atomic E-state index is 0.0166. The summed E-state index contributed by atoms with van der Waals surface area (Å²) in [5, 5.41) is 3.92. The lowest BCUT2D eigenvalue weighted by atomic mass is 10.1. The topological polar surface area (TPSA) is 58.4 Å². The van der Waals surface area contributed by atoms with Gasteiger partial charge in [0.25, 0.3) is 10.2 Å². The van der Waals surface area contributed by atoms with Gasteiger partial charge in [-0.05, 0) is 12.8 Å². The van der Waals surface area contributed by atoms with E-state index in [1.807, 2.05) is 0 Å². The molecule has 6 nitrogen and oxygen atoms in total. The van der Waals surface area contributed by atoms with Crippen LogP contribution in [0.25, 0.3) is 0 Å². The van der Waals surface area contributed by atoms with Crippen LogP contribution >= 0.6 is 0 Å². The van der Waals surface area contributed by atoms with E-state index < -0.39 is 22.4 Å². The van der Waals surface area contributed by atoms with Crippen molar-refractivity contribution in [1.29, 1.82) is 0 Å². The summed E-state index contributed by atoms with van der Waals surface area (Å²) in [6, 6.07) is -1.94. The molecule has 1 unspecified atom stereocenters. The highest BCUT2D eigenvalue weighted by atomic mass is 32.2. The van der Waals surface area contributed by atoms with Gasteiger partial charge in [-0.25, -0.2) is 0 Å². The molecule has 1 saturated heterocycles. The molecule has 0 aliphatic carbocycles. The third-order valence-corrected chi connectivity index (χ3v) is 5.63. The summed E-state index contributed by atoms with van der Waals surface area (Å²) in [7, 11) is -1.21. The van der Waals surface area contributed by atoms with Gasteiger partial charge in [0, 0.05) is 38.9 Å². The maximum absolute atomic E-state index is 13.1. The number of aryl methyl sites for hydroxylation is 1. The molecule has 126 valence electrons. The molecule has 0 saturated carbocycles. The number of hydrogen-bond acceptors (Lipinski definition) is 3. The van der Waals surface area contributed by atoms with Gasteiger partial charge in [-0.3, -0.25) is 4.68 Å². The molecular formula is C12H19F3N4O2S. The second-order valence-corrected chi connectivity index (χ2v) is 7.44. The lowest BCUT2D eigenvalue weighted by Crippen LogP contribution is -2.54. The Hall–Kier alpha value is -1.13. The molecule has 1 aromatic rings. The van der Waals surface area contributed by atoms with Crippen molar-refractivity contribution in [2.45, 2.75) is 38.0 Å². The van der Waals surface area contributed by atoms with Crippen molar-refractivity contribution in [2.75, 3.05) is 13.6 Å². The van der Waals surface area contributed by atoms with E-state index in [-0.39, 0.29) is 19.5 Å². The molecule has 0 bridgehead atoms. The molecule has 0 N–H and O–H groups in total. The van der Waals surface area contributed by atoms with Crippen LogP contribution in [0.1, 0.15) is 24.8 Å². The first-order chi connectivity index (χ1) is 10.1. The second kappa shape index (κ2) is 6.17. The summed E-state index contributed by atoms with van der Waals surface area (Å²) in [5.74, 6) is 0. The monoisotopic (exact) mass is 340 g/mol. The summed E-state index contributed by atoms with van der Waals surface area (Å²) in [4.78, 5) is 0. The maximum atomic E-state index is 13.1. The Morgan fingerprint density at radius 1 is 1.41 bits per heavy atom. The molecule has 1 atom stereocenters. The highest BCUT2D eigenvalue weighted by molar-refractivity contribution is 7.86. The smallest absolute Gasteiger partial charge is 0.275 e. The van der Waals surface area contributed by atoms with Crippen molar-refractivity contribution < 1.29 is 21.6 Å². The minimum Gasteiger partial charge on any atom is -0.275 e. The summed E-state index contributed by atoms with van der Waals surface area (Å²) in [6.07, 6.45) is -0.811. The molecule has 2 heterocycles. The zero-order valence-electron chi connectivity index (χ0n) is 12.4. The predicted molar refractivity (Wildman–Crippen MR) is 74.0 cm³/mol. The van der Waals surface area contributed by atoms with Crippen LogP contribution < -0.4 is 0 Å². The Bertz CT molecular complexity index is 614. The van der Waals surface area contributed by atoms with E-state index in [1.54, 1.807) is 13.2 Å². The molecule has 0 spiro atoms. The van der Waals surface area contributed by atoms with Crippen molar-refractivity contribution in [3.8, 4) is 0 Å². The van der Waals surface area contributed by atoms with Gasteiger partial charge in [-0.1, -0.05) is 6.42 Å². The number of halogens is 3. The fourth-order valence-electron chi connectivity index (χ4n) is 2.58. The first-order valence-electron chi connectivity index (χ1n) is 6.89. The van der Waals surface area contributed by atoms with Gasteiger partial charge < -0.3 is 0 Å². The van der Waals surface area contributed by atoms with Gasteiger partial charge in [0.05, 0.1) is 6.20 Å². The van der Waals surface area contributed by atoms with Crippen LogP contribution in [0.4, 0.5) is 13.2 Å². The fraction of sp³-hybridized carbons (Fsp3) is 0.750. The van der Waals surface area contributed by atoms with Gasteiger partial charge >= 0.3 is 6.18 Å². The normalized spacial score (nSPS) is 21.5. The van der Waals surface area contributed by atoms with Gasteiger partial charge in [-0.15, -0.1) is 0 Å². The van der Waals surface area contributed by atoms with E-state index in [0.717, 1.165) is 4.31 Å². The average Bonchev–Trinajstić information content (AvgIpc) is 2.83. The first-order valence-corrected chi connectivity index (χ1v) is 8.29. The van der Waals surface area contributed by atoms with E-state index in [4.69, 9.17) is 0 Å². The summed E-state index contributed by atoms with van der Waals surface area (Å²) in [6.45, 7) is -0.124. The number of hydrogen-bond donors (Lipinski definition) is 0. The van der Waals surface area contributed by atoms with E-state index in [2.05, 4.69) is 5.10 Å². The van der Waals surface area contributed by atoms with E-state index in [1.165, 1.54) is 17.9 Å². The average molecular weight is 340 g/mol. The van der Waals surface area contributed by atoms with Crippen LogP contribution in [-0.2, 0) is 23.8 Å². The molecule has 22 heavy (non-hydrogen) atoms. The number of alkyl halides is 3. The highest BCUT2D eigenvalue weighted by Gasteiger charge is 2.49. The van der Waals surface area contributed by atoms with Crippen LogP contribution in [0.3, 0.4) is 0 Å². The van der Waals surface area contributed by atoms with E-state index >= 15 is 0 Å². The quantitative estimate of drug-likeness (QED) is 0.835. The van der Waals surface area contributed by atoms with Gasteiger partial charge in [-0.2, -0.15) is 35.3 Å². The Labute approximate surface area is 127 Å². The molecule has 1 fully saturated rings. The standard InChI is InChI=1S/C12H19F3N4O2S/c1-17-8-10(7-16-17)9-18(2)22(20,21)19-6-4-3-5-11(19)12(13,14)15/h7-8,11H,3-6,9H2,1-2H3. The number of aromatic nitrogens is 2. The Balaban J connectivity index is 2.19. The summed E-state index contributed by atoms with van der Waals surface area (Å²) < 4.78 is 67.2. The highest BCUT2D eigenvalue weighted by Crippen LogP contribution is 2.34. The van der Waals surface area contributed by atoms with Crippen LogP contribution in [0.15, 0.2) is 12.4 Å². The number of piperidine rings is 1. The van der Waals surface area contributed by atoms with E-state index in [0.29, 0.717) is 22.7 Å². The molecule has 0 radical (unpaired) electrons. The zero-order valence-corrected chi connectivity index (χ0v) is 13.2. The summed E-state index contributed by atoms with van der Waals surface area (Å²) in [5.41, 5.74) is 0.620. The molecule has 0 amide bonds. The molecule has 2 rings (SSSR count). The molecular weight excluding hydrogens is 321 g/mol. The fourth-order valence-corrected chi connectivity index (χ4v) is 4.16. The number of rotatable bonds is 4. The second-order valence-electron chi connectivity index (χ2n) is 5.45. The third kappa shape index (κ3) is 3.61. The Morgan fingerprint density at radius 3 is 2.64 bits per heavy atom. The van der Waals surface area contributed by atoms with Crippen molar-refractivity contribution in [2.24, 2.45) is 7.05 Å². The van der Waals surface area contributed by atoms with Gasteiger partial charge in [0.15, 0.2) is 0 Å². The SMILES string of the molecule is CN(Cc1cnn(C)c1)S(=O)(=O)N1CCCCC1C(F)(F)F. The third-order valence-electron chi connectivity index (χ3n) is 3.69. The molecule has 1 aliphatic rings. The molecule has 1 aromatic heterocycles. The largest absolute Gasteiger partial charge is 0.405 e. The van der Waals surface area contributed by atoms with Crippen LogP contribution in [0, 0.1) is 0 Å². The molecule has 0 aromatic carbocycles. The molecule has 1 aliphatic heterocycles. The van der Waals surface area contributed by atoms with Crippen molar-refractivity contribution in [1.82, 2.24) is 18.4 Å². The Morgan fingerprint density at radius 2 is 2.09 bits per heavy atom. The maximum Gasteiger partial charge on any atom is 0.405 e. The van der Waals surface area contributed by atoms with Gasteiger partial charge in [0.1, 0.15) is 6.04 Å². The van der Waals surface area contributed by atoms with E-state index in [9.17, 15) is 21.6 Å². The Kier molecular flexibility index (Phi) is 4.83. The van der Waals surface area contributed by atoms with Crippen molar-refractivity contribution in [3.05, 3.63) is 18.0 Å². The van der Waals surface area contributed by atoms with Crippen LogP contribution in [0.5, 0.6) is 0 Å². The number of nitrogens with zero attached hydrogens (tertiary/aromatic N) is 4. The van der Waals surface area contributed by atoms with Crippen LogP contribution in [0.2, 0.25) is 0 Å². The summed E-state index contributed by atoms with van der Waals surface area (Å²) >= 11 is 0. The zero-order chi connectivity index (χ0) is 16.5. The minimum atomic E-state index is -4.55. The lowest BCUT2D eigenvalue weighted by Gasteiger charge is -2.37.